The van der Waals surface area contributed by atoms with Gasteiger partial charge in [-0.25, -0.2) is 0 Å². The molecule has 2 saturated heterocycles. The summed E-state index contributed by atoms with van der Waals surface area (Å²) in [5.41, 5.74) is 0.702. The monoisotopic (exact) mass is 416 g/mol. The second-order valence-electron chi connectivity index (χ2n) is 6.67. The molecule has 3 rings (SSSR count). The van der Waals surface area contributed by atoms with Crippen LogP contribution in [0, 0.1) is 5.92 Å². The fourth-order valence-electron chi connectivity index (χ4n) is 3.91. The van der Waals surface area contributed by atoms with E-state index in [0.717, 1.165) is 48.9 Å². The average molecular weight is 418 g/mol. The molecule has 2 aliphatic heterocycles. The Balaban J connectivity index is 0.00000208. The molecule has 1 N–H and O–H groups in total. The fraction of sp³-hybridized carbons (Fsp3) is 0.611. The first-order valence-electron chi connectivity index (χ1n) is 8.43. The molecule has 6 heteroatoms. The highest BCUT2D eigenvalue weighted by atomic mass is 79.9. The van der Waals surface area contributed by atoms with E-state index in [4.69, 9.17) is 4.74 Å². The lowest BCUT2D eigenvalue weighted by atomic mass is 9.73. The normalized spacial score (nSPS) is 22.9. The summed E-state index contributed by atoms with van der Waals surface area (Å²) >= 11 is 3.55. The molecule has 0 bridgehead atoms. The van der Waals surface area contributed by atoms with Crippen molar-refractivity contribution in [3.8, 4) is 0 Å². The number of benzene rings is 1. The van der Waals surface area contributed by atoms with Crippen molar-refractivity contribution in [2.75, 3.05) is 39.9 Å². The Bertz CT molecular complexity index is 564. The molecular formula is C18H26BrClN2O2. The van der Waals surface area contributed by atoms with Crippen LogP contribution >= 0.6 is 28.3 Å². The SMILES string of the molecule is CNCC1CCN(C(=O)C2(c3cccc(Br)c3)CCOCC2)C1.Cl. The van der Waals surface area contributed by atoms with Gasteiger partial charge in [0.25, 0.3) is 0 Å². The number of likely N-dealkylation sites (tertiary alicyclic amines) is 1. The van der Waals surface area contributed by atoms with Gasteiger partial charge in [0.1, 0.15) is 0 Å². The van der Waals surface area contributed by atoms with Crippen LogP contribution in [0.4, 0.5) is 0 Å². The molecule has 0 spiro atoms. The Morgan fingerprint density at radius 3 is 2.83 bits per heavy atom. The molecule has 0 aromatic heterocycles. The number of carbonyl (C=O) groups is 1. The van der Waals surface area contributed by atoms with Gasteiger partial charge in [0.2, 0.25) is 5.91 Å². The van der Waals surface area contributed by atoms with Crippen molar-refractivity contribution in [2.45, 2.75) is 24.7 Å². The van der Waals surface area contributed by atoms with Gasteiger partial charge in [-0.1, -0.05) is 28.1 Å². The third kappa shape index (κ3) is 3.96. The summed E-state index contributed by atoms with van der Waals surface area (Å²) in [5, 5.41) is 3.23. The summed E-state index contributed by atoms with van der Waals surface area (Å²) in [5.74, 6) is 0.862. The third-order valence-electron chi connectivity index (χ3n) is 5.20. The smallest absolute Gasteiger partial charge is 0.233 e. The van der Waals surface area contributed by atoms with E-state index >= 15 is 0 Å². The summed E-state index contributed by atoms with van der Waals surface area (Å²) in [6, 6.07) is 8.23. The van der Waals surface area contributed by atoms with Crippen molar-refractivity contribution in [1.29, 1.82) is 0 Å². The molecule has 4 nitrogen and oxygen atoms in total. The van der Waals surface area contributed by atoms with Gasteiger partial charge in [-0.2, -0.15) is 0 Å². The summed E-state index contributed by atoms with van der Waals surface area (Å²) < 4.78 is 6.59. The number of nitrogens with one attached hydrogen (secondary N) is 1. The second kappa shape index (κ2) is 8.65. The summed E-state index contributed by atoms with van der Waals surface area (Å²) in [7, 11) is 1.98. The molecule has 2 aliphatic rings. The first-order valence-corrected chi connectivity index (χ1v) is 9.23. The summed E-state index contributed by atoms with van der Waals surface area (Å²) in [6.07, 6.45) is 2.64. The number of amides is 1. The Morgan fingerprint density at radius 2 is 2.17 bits per heavy atom. The maximum Gasteiger partial charge on any atom is 0.233 e. The maximum atomic E-state index is 13.4. The van der Waals surface area contributed by atoms with E-state index in [1.807, 2.05) is 19.2 Å². The van der Waals surface area contributed by atoms with Gasteiger partial charge in [-0.15, -0.1) is 12.4 Å². The molecule has 1 aromatic carbocycles. The van der Waals surface area contributed by atoms with Crippen LogP contribution in [0.25, 0.3) is 0 Å². The Labute approximate surface area is 158 Å². The molecule has 1 aromatic rings. The van der Waals surface area contributed by atoms with Crippen molar-refractivity contribution in [3.63, 3.8) is 0 Å². The van der Waals surface area contributed by atoms with Gasteiger partial charge in [-0.05, 0) is 56.5 Å². The van der Waals surface area contributed by atoms with Crippen molar-refractivity contribution in [3.05, 3.63) is 34.3 Å². The van der Waals surface area contributed by atoms with Crippen molar-refractivity contribution < 1.29 is 9.53 Å². The number of nitrogens with zero attached hydrogens (tertiary/aromatic N) is 1. The summed E-state index contributed by atoms with van der Waals surface area (Å²) in [6.45, 7) is 4.05. The lowest BCUT2D eigenvalue weighted by Gasteiger charge is -2.39. The van der Waals surface area contributed by atoms with Crippen LogP contribution in [-0.4, -0.2) is 50.7 Å². The molecule has 1 unspecified atom stereocenters. The highest BCUT2D eigenvalue weighted by Crippen LogP contribution is 2.38. The van der Waals surface area contributed by atoms with E-state index < -0.39 is 5.41 Å². The average Bonchev–Trinajstić information content (AvgIpc) is 3.04. The van der Waals surface area contributed by atoms with Gasteiger partial charge in [-0.3, -0.25) is 4.79 Å². The quantitative estimate of drug-likeness (QED) is 0.819. The molecule has 1 atom stereocenters. The Hall–Kier alpha value is -0.620. The standard InChI is InChI=1S/C18H25BrN2O2.ClH/c1-20-12-14-5-8-21(13-14)17(22)18(6-9-23-10-7-18)15-3-2-4-16(19)11-15;/h2-4,11,14,20H,5-10,12-13H2,1H3;1H. The largest absolute Gasteiger partial charge is 0.381 e. The van der Waals surface area contributed by atoms with E-state index in [1.54, 1.807) is 0 Å². The molecule has 134 valence electrons. The van der Waals surface area contributed by atoms with E-state index in [9.17, 15) is 4.79 Å². The number of ether oxygens (including phenoxy) is 1. The molecule has 2 heterocycles. The van der Waals surface area contributed by atoms with Gasteiger partial charge >= 0.3 is 0 Å². The van der Waals surface area contributed by atoms with Crippen molar-refractivity contribution in [2.24, 2.45) is 5.92 Å². The zero-order valence-corrected chi connectivity index (χ0v) is 16.5. The lowest BCUT2D eigenvalue weighted by molar-refractivity contribution is -0.140. The Morgan fingerprint density at radius 1 is 1.42 bits per heavy atom. The molecule has 2 fully saturated rings. The van der Waals surface area contributed by atoms with E-state index in [2.05, 4.69) is 38.3 Å². The lowest BCUT2D eigenvalue weighted by Crippen LogP contribution is -2.49. The molecule has 0 radical (unpaired) electrons. The first kappa shape index (κ1) is 19.7. The van der Waals surface area contributed by atoms with Gasteiger partial charge < -0.3 is 15.0 Å². The van der Waals surface area contributed by atoms with Crippen molar-refractivity contribution in [1.82, 2.24) is 10.2 Å². The van der Waals surface area contributed by atoms with Crippen LogP contribution < -0.4 is 5.32 Å². The minimum absolute atomic E-state index is 0. The van der Waals surface area contributed by atoms with E-state index in [-0.39, 0.29) is 18.3 Å². The molecule has 24 heavy (non-hydrogen) atoms. The maximum absolute atomic E-state index is 13.4. The number of halogens is 2. The minimum Gasteiger partial charge on any atom is -0.381 e. The third-order valence-corrected chi connectivity index (χ3v) is 5.69. The Kier molecular flexibility index (Phi) is 7.10. The van der Waals surface area contributed by atoms with Crippen LogP contribution in [0.1, 0.15) is 24.8 Å². The predicted molar refractivity (Wildman–Crippen MR) is 102 cm³/mol. The number of rotatable bonds is 4. The first-order chi connectivity index (χ1) is 11.2. The van der Waals surface area contributed by atoms with Crippen LogP contribution in [-0.2, 0) is 14.9 Å². The zero-order chi connectivity index (χ0) is 16.3. The fourth-order valence-corrected chi connectivity index (χ4v) is 4.31. The van der Waals surface area contributed by atoms with E-state index in [0.29, 0.717) is 19.1 Å². The topological polar surface area (TPSA) is 41.6 Å². The van der Waals surface area contributed by atoms with Gasteiger partial charge in [0, 0.05) is 30.8 Å². The highest BCUT2D eigenvalue weighted by Gasteiger charge is 2.45. The highest BCUT2D eigenvalue weighted by molar-refractivity contribution is 9.10. The number of hydrogen-bond donors (Lipinski definition) is 1. The predicted octanol–water partition coefficient (Wildman–Crippen LogP) is 2.99. The van der Waals surface area contributed by atoms with Crippen molar-refractivity contribution >= 4 is 34.2 Å². The molecule has 0 aliphatic carbocycles. The van der Waals surface area contributed by atoms with Gasteiger partial charge in [0.15, 0.2) is 0 Å². The number of hydrogen-bond acceptors (Lipinski definition) is 3. The molecule has 0 saturated carbocycles. The second-order valence-corrected chi connectivity index (χ2v) is 7.58. The molecule has 1 amide bonds. The van der Waals surface area contributed by atoms with Crippen LogP contribution in [0.5, 0.6) is 0 Å². The summed E-state index contributed by atoms with van der Waals surface area (Å²) in [4.78, 5) is 15.5. The van der Waals surface area contributed by atoms with Crippen LogP contribution in [0.3, 0.4) is 0 Å². The molecular weight excluding hydrogens is 392 g/mol. The van der Waals surface area contributed by atoms with Gasteiger partial charge in [0.05, 0.1) is 5.41 Å². The van der Waals surface area contributed by atoms with E-state index in [1.165, 1.54) is 0 Å². The number of carbonyl (C=O) groups excluding carboxylic acids is 1. The van der Waals surface area contributed by atoms with Crippen LogP contribution in [0.15, 0.2) is 28.7 Å². The van der Waals surface area contributed by atoms with Crippen LogP contribution in [0.2, 0.25) is 0 Å². The minimum atomic E-state index is -0.420. The zero-order valence-electron chi connectivity index (χ0n) is 14.1.